The number of hydrogen-bond donors (Lipinski definition) is 2. The Hall–Kier alpha value is -2.42. The first-order chi connectivity index (χ1) is 12.3. The fourth-order valence-electron chi connectivity index (χ4n) is 2.10. The second-order valence-corrected chi connectivity index (χ2v) is 6.03. The number of hydrogen-bond acceptors (Lipinski definition) is 3. The summed E-state index contributed by atoms with van der Waals surface area (Å²) in [6.45, 7) is 0.389. The molecule has 5 nitrogen and oxygen atoms in total. The molecule has 0 saturated carbocycles. The third-order valence-corrected chi connectivity index (χ3v) is 3.88. The van der Waals surface area contributed by atoms with E-state index in [1.807, 2.05) is 18.2 Å². The summed E-state index contributed by atoms with van der Waals surface area (Å²) in [6, 6.07) is 10.0. The van der Waals surface area contributed by atoms with Crippen LogP contribution in [0.25, 0.3) is 0 Å². The molecule has 0 atom stereocenters. The number of anilines is 1. The Kier molecular flexibility index (Phi) is 6.73. The molecule has 2 amide bonds. The average molecular weight is 433 g/mol. The fraction of sp³-hybridized carbons (Fsp3) is 0.235. The molecule has 0 bridgehead atoms. The maximum Gasteiger partial charge on any atom is 0.573 e. The van der Waals surface area contributed by atoms with Crippen molar-refractivity contribution in [3.63, 3.8) is 0 Å². The number of carbonyl (C=O) groups excluding carboxylic acids is 1. The van der Waals surface area contributed by atoms with Crippen LogP contribution in [0.4, 0.5) is 23.7 Å². The molecular formula is C17H16BrF3N2O3. The molecule has 2 N–H and O–H groups in total. The second kappa shape index (κ2) is 8.79. The van der Waals surface area contributed by atoms with E-state index in [0.29, 0.717) is 18.7 Å². The fourth-order valence-corrected chi connectivity index (χ4v) is 2.69. The van der Waals surface area contributed by atoms with Crippen molar-refractivity contribution < 1.29 is 27.4 Å². The highest BCUT2D eigenvalue weighted by Crippen LogP contribution is 2.26. The van der Waals surface area contributed by atoms with Crippen molar-refractivity contribution >= 4 is 27.6 Å². The van der Waals surface area contributed by atoms with E-state index < -0.39 is 12.4 Å². The van der Waals surface area contributed by atoms with Gasteiger partial charge in [-0.15, -0.1) is 13.2 Å². The van der Waals surface area contributed by atoms with Crippen molar-refractivity contribution in [3.8, 4) is 11.5 Å². The highest BCUT2D eigenvalue weighted by atomic mass is 79.9. The Morgan fingerprint density at radius 2 is 1.85 bits per heavy atom. The topological polar surface area (TPSA) is 59.6 Å². The van der Waals surface area contributed by atoms with Gasteiger partial charge in [-0.05, 0) is 64.3 Å². The molecule has 0 unspecified atom stereocenters. The molecule has 0 aromatic heterocycles. The third kappa shape index (κ3) is 6.47. The number of methoxy groups -OCH3 is 1. The van der Waals surface area contributed by atoms with Crippen LogP contribution >= 0.6 is 15.9 Å². The van der Waals surface area contributed by atoms with E-state index in [2.05, 4.69) is 31.3 Å². The smallest absolute Gasteiger partial charge is 0.496 e. The van der Waals surface area contributed by atoms with E-state index >= 15 is 0 Å². The monoisotopic (exact) mass is 432 g/mol. The normalized spacial score (nSPS) is 11.0. The van der Waals surface area contributed by atoms with Crippen LogP contribution in [0.15, 0.2) is 46.9 Å². The molecule has 0 spiro atoms. The lowest BCUT2D eigenvalue weighted by molar-refractivity contribution is -0.274. The molecule has 0 heterocycles. The van der Waals surface area contributed by atoms with Gasteiger partial charge in [-0.1, -0.05) is 6.07 Å². The van der Waals surface area contributed by atoms with Gasteiger partial charge in [0.15, 0.2) is 0 Å². The molecular weight excluding hydrogens is 417 g/mol. The van der Waals surface area contributed by atoms with Gasteiger partial charge in [-0.3, -0.25) is 0 Å². The van der Waals surface area contributed by atoms with Gasteiger partial charge >= 0.3 is 12.4 Å². The number of amides is 2. The minimum absolute atomic E-state index is 0.351. The minimum atomic E-state index is -4.75. The summed E-state index contributed by atoms with van der Waals surface area (Å²) < 4.78 is 46.0. The first kappa shape index (κ1) is 19.9. The largest absolute Gasteiger partial charge is 0.573 e. The van der Waals surface area contributed by atoms with Gasteiger partial charge in [0.05, 0.1) is 11.6 Å². The molecule has 140 valence electrons. The number of urea groups is 1. The van der Waals surface area contributed by atoms with E-state index in [-0.39, 0.29) is 5.75 Å². The summed E-state index contributed by atoms with van der Waals surface area (Å²) in [6.07, 6.45) is -4.14. The molecule has 0 radical (unpaired) electrons. The zero-order valence-electron chi connectivity index (χ0n) is 13.7. The van der Waals surface area contributed by atoms with Crippen molar-refractivity contribution in [1.82, 2.24) is 5.32 Å². The lowest BCUT2D eigenvalue weighted by Crippen LogP contribution is -2.30. The number of carbonyl (C=O) groups is 1. The van der Waals surface area contributed by atoms with Crippen LogP contribution in [0.3, 0.4) is 0 Å². The van der Waals surface area contributed by atoms with Crippen molar-refractivity contribution in [2.75, 3.05) is 19.0 Å². The lowest BCUT2D eigenvalue weighted by atomic mass is 10.1. The Labute approximate surface area is 156 Å². The molecule has 2 rings (SSSR count). The van der Waals surface area contributed by atoms with E-state index in [1.165, 1.54) is 12.1 Å². The van der Waals surface area contributed by atoms with Crippen LogP contribution in [-0.4, -0.2) is 26.0 Å². The third-order valence-electron chi connectivity index (χ3n) is 3.26. The minimum Gasteiger partial charge on any atom is -0.496 e. The number of halogens is 4. The molecule has 26 heavy (non-hydrogen) atoms. The van der Waals surface area contributed by atoms with Crippen molar-refractivity contribution in [2.45, 2.75) is 12.8 Å². The zero-order chi connectivity index (χ0) is 19.2. The molecule has 0 saturated heterocycles. The number of alkyl halides is 3. The molecule has 0 fully saturated rings. The molecule has 9 heteroatoms. The van der Waals surface area contributed by atoms with E-state index in [4.69, 9.17) is 4.74 Å². The predicted octanol–water partition coefficient (Wildman–Crippen LogP) is 4.72. The molecule has 0 aliphatic carbocycles. The van der Waals surface area contributed by atoms with E-state index in [1.54, 1.807) is 7.11 Å². The molecule has 0 aliphatic rings. The summed E-state index contributed by atoms with van der Waals surface area (Å²) in [5.74, 6) is 0.367. The van der Waals surface area contributed by atoms with Crippen LogP contribution in [0.2, 0.25) is 0 Å². The van der Waals surface area contributed by atoms with Crippen molar-refractivity contribution in [1.29, 1.82) is 0 Å². The van der Waals surface area contributed by atoms with Gasteiger partial charge in [0.1, 0.15) is 11.5 Å². The van der Waals surface area contributed by atoms with Gasteiger partial charge in [0.25, 0.3) is 0 Å². The van der Waals surface area contributed by atoms with E-state index in [9.17, 15) is 18.0 Å². The van der Waals surface area contributed by atoms with Crippen molar-refractivity contribution in [2.24, 2.45) is 0 Å². The van der Waals surface area contributed by atoms with Crippen LogP contribution in [0, 0.1) is 0 Å². The van der Waals surface area contributed by atoms with Gasteiger partial charge in [0, 0.05) is 12.2 Å². The zero-order valence-corrected chi connectivity index (χ0v) is 15.3. The number of ether oxygens (including phenoxy) is 2. The highest BCUT2D eigenvalue weighted by Gasteiger charge is 2.30. The maximum atomic E-state index is 12.1. The summed E-state index contributed by atoms with van der Waals surface area (Å²) >= 11 is 3.39. The lowest BCUT2D eigenvalue weighted by Gasteiger charge is -2.11. The maximum absolute atomic E-state index is 12.1. The van der Waals surface area contributed by atoms with Gasteiger partial charge in [0.2, 0.25) is 0 Å². The van der Waals surface area contributed by atoms with Crippen LogP contribution in [0.5, 0.6) is 11.5 Å². The second-order valence-electron chi connectivity index (χ2n) is 5.17. The molecule has 0 aliphatic heterocycles. The molecule has 2 aromatic rings. The molecule has 2 aromatic carbocycles. The van der Waals surface area contributed by atoms with Crippen LogP contribution in [-0.2, 0) is 6.42 Å². The Morgan fingerprint density at radius 1 is 1.15 bits per heavy atom. The Bertz CT molecular complexity index is 752. The number of benzene rings is 2. The SMILES string of the molecule is COc1ccc(CCNC(=O)Nc2ccc(OC(F)(F)F)cc2)cc1Br. The Morgan fingerprint density at radius 3 is 2.42 bits per heavy atom. The number of rotatable bonds is 6. The van der Waals surface area contributed by atoms with Gasteiger partial charge < -0.3 is 20.1 Å². The number of nitrogens with one attached hydrogen (secondary N) is 2. The standard InChI is InChI=1S/C17H16BrF3N2O3/c1-25-15-7-2-11(10-14(15)18)8-9-22-16(24)23-12-3-5-13(6-4-12)26-17(19,20)21/h2-7,10H,8-9H2,1H3,(H2,22,23,24). The van der Waals surface area contributed by atoms with Gasteiger partial charge in [-0.2, -0.15) is 0 Å². The van der Waals surface area contributed by atoms with Crippen LogP contribution in [0.1, 0.15) is 5.56 Å². The first-order valence-electron chi connectivity index (χ1n) is 7.50. The first-order valence-corrected chi connectivity index (χ1v) is 8.29. The summed E-state index contributed by atoms with van der Waals surface area (Å²) in [5, 5.41) is 5.20. The average Bonchev–Trinajstić information content (AvgIpc) is 2.55. The Balaban J connectivity index is 1.79. The summed E-state index contributed by atoms with van der Waals surface area (Å²) in [7, 11) is 1.58. The quantitative estimate of drug-likeness (QED) is 0.693. The highest BCUT2D eigenvalue weighted by molar-refractivity contribution is 9.10. The van der Waals surface area contributed by atoms with Gasteiger partial charge in [-0.25, -0.2) is 4.79 Å². The predicted molar refractivity (Wildman–Crippen MR) is 94.5 cm³/mol. The van der Waals surface area contributed by atoms with E-state index in [0.717, 1.165) is 27.9 Å². The summed E-state index contributed by atoms with van der Waals surface area (Å²) in [4.78, 5) is 11.8. The summed E-state index contributed by atoms with van der Waals surface area (Å²) in [5.41, 5.74) is 1.36. The van der Waals surface area contributed by atoms with Crippen LogP contribution < -0.4 is 20.1 Å². The van der Waals surface area contributed by atoms with Crippen molar-refractivity contribution in [3.05, 3.63) is 52.5 Å².